The maximum atomic E-state index is 12.8. The number of rotatable bonds is 5. The molecule has 0 bridgehead atoms. The minimum atomic E-state index is -0.513. The van der Waals surface area contributed by atoms with E-state index in [1.165, 1.54) is 0 Å². The van der Waals surface area contributed by atoms with Crippen LogP contribution < -0.4 is 9.47 Å². The zero-order valence-electron chi connectivity index (χ0n) is 12.6. The first-order valence-corrected chi connectivity index (χ1v) is 6.93. The summed E-state index contributed by atoms with van der Waals surface area (Å²) in [6, 6.07) is 1.97. The van der Waals surface area contributed by atoms with E-state index in [1.54, 1.807) is 14.2 Å². The Morgan fingerprint density at radius 1 is 1.21 bits per heavy atom. The molecule has 19 heavy (non-hydrogen) atoms. The molecular weight excluding hydrogens is 259 g/mol. The van der Waals surface area contributed by atoms with E-state index >= 15 is 0 Å². The van der Waals surface area contributed by atoms with Crippen LogP contribution in [0.4, 0.5) is 0 Å². The maximum absolute atomic E-state index is 12.8. The van der Waals surface area contributed by atoms with E-state index in [2.05, 4.69) is 9.24 Å². The predicted octanol–water partition coefficient (Wildman–Crippen LogP) is 3.55. The van der Waals surface area contributed by atoms with E-state index in [4.69, 9.17) is 9.47 Å². The van der Waals surface area contributed by atoms with E-state index in [-0.39, 0.29) is 5.78 Å². The lowest BCUT2D eigenvalue weighted by atomic mass is 9.91. The summed E-state index contributed by atoms with van der Waals surface area (Å²) in [5.74, 6) is 1.24. The molecule has 0 aromatic heterocycles. The van der Waals surface area contributed by atoms with Crippen LogP contribution in [-0.2, 0) is 0 Å². The molecular formula is C15H23O3P. The number of ketones is 1. The summed E-state index contributed by atoms with van der Waals surface area (Å²) >= 11 is 0. The first kappa shape index (κ1) is 16.0. The summed E-state index contributed by atoms with van der Waals surface area (Å²) in [7, 11) is 5.80. The third kappa shape index (κ3) is 2.92. The lowest BCUT2D eigenvalue weighted by molar-refractivity contribution is 0.0941. The van der Waals surface area contributed by atoms with Crippen molar-refractivity contribution in [3.63, 3.8) is 0 Å². The standard InChI is InChI=1S/C15H23O3P/c1-7-15(4,19)14(16)11-12(17-5)9(2)8-10(3)13(11)18-6/h8H,7,19H2,1-6H3. The fourth-order valence-corrected chi connectivity index (χ4v) is 2.28. The van der Waals surface area contributed by atoms with Gasteiger partial charge in [0.2, 0.25) is 0 Å². The quantitative estimate of drug-likeness (QED) is 0.612. The van der Waals surface area contributed by atoms with Gasteiger partial charge in [-0.05, 0) is 44.4 Å². The summed E-state index contributed by atoms with van der Waals surface area (Å²) in [5, 5.41) is -0.513. The molecule has 1 aromatic rings. The number of benzene rings is 1. The molecule has 0 amide bonds. The topological polar surface area (TPSA) is 35.5 Å². The number of hydrogen-bond acceptors (Lipinski definition) is 3. The average Bonchev–Trinajstić information content (AvgIpc) is 2.37. The molecule has 0 fully saturated rings. The van der Waals surface area contributed by atoms with E-state index in [1.807, 2.05) is 33.8 Å². The molecule has 0 aliphatic heterocycles. The summed E-state index contributed by atoms with van der Waals surface area (Å²) in [4.78, 5) is 12.8. The van der Waals surface area contributed by atoms with E-state index < -0.39 is 5.16 Å². The van der Waals surface area contributed by atoms with Crippen molar-refractivity contribution in [2.24, 2.45) is 0 Å². The van der Waals surface area contributed by atoms with Crippen molar-refractivity contribution in [3.8, 4) is 11.5 Å². The second-order valence-corrected chi connectivity index (χ2v) is 6.33. The van der Waals surface area contributed by atoms with Gasteiger partial charge in [0.1, 0.15) is 17.1 Å². The van der Waals surface area contributed by atoms with Crippen LogP contribution in [0.2, 0.25) is 0 Å². The Hall–Kier alpha value is -1.08. The van der Waals surface area contributed by atoms with Gasteiger partial charge < -0.3 is 9.47 Å². The fourth-order valence-electron chi connectivity index (χ4n) is 2.13. The SMILES string of the molecule is CCC(C)(P)C(=O)c1c(OC)c(C)cc(C)c1OC. The molecule has 0 radical (unpaired) electrons. The highest BCUT2D eigenvalue weighted by Gasteiger charge is 2.33. The molecule has 0 spiro atoms. The smallest absolute Gasteiger partial charge is 0.179 e. The molecule has 2 unspecified atom stereocenters. The molecule has 0 heterocycles. The average molecular weight is 282 g/mol. The van der Waals surface area contributed by atoms with Crippen LogP contribution in [-0.4, -0.2) is 25.2 Å². The zero-order valence-corrected chi connectivity index (χ0v) is 13.7. The molecule has 0 N–H and O–H groups in total. The van der Waals surface area contributed by atoms with E-state index in [0.29, 0.717) is 17.1 Å². The molecule has 0 saturated carbocycles. The number of carbonyl (C=O) groups excluding carboxylic acids is 1. The highest BCUT2D eigenvalue weighted by molar-refractivity contribution is 7.21. The normalized spacial score (nSPS) is 13.8. The molecule has 3 nitrogen and oxygen atoms in total. The summed E-state index contributed by atoms with van der Waals surface area (Å²) in [6.07, 6.45) is 0.732. The van der Waals surface area contributed by atoms with Crippen LogP contribution in [0.5, 0.6) is 11.5 Å². The van der Waals surface area contributed by atoms with Gasteiger partial charge >= 0.3 is 0 Å². The van der Waals surface area contributed by atoms with E-state index in [0.717, 1.165) is 17.5 Å². The van der Waals surface area contributed by atoms with Crippen molar-refractivity contribution < 1.29 is 14.3 Å². The van der Waals surface area contributed by atoms with Gasteiger partial charge in [0.15, 0.2) is 5.78 Å². The summed E-state index contributed by atoms with van der Waals surface area (Å²) in [5.41, 5.74) is 2.43. The lowest BCUT2D eigenvalue weighted by Gasteiger charge is -2.25. The van der Waals surface area contributed by atoms with Gasteiger partial charge in [-0.25, -0.2) is 0 Å². The van der Waals surface area contributed by atoms with Gasteiger partial charge in [-0.15, -0.1) is 9.24 Å². The van der Waals surface area contributed by atoms with Gasteiger partial charge in [-0.3, -0.25) is 4.79 Å². The number of carbonyl (C=O) groups is 1. The number of hydrogen-bond donors (Lipinski definition) is 0. The molecule has 2 atom stereocenters. The molecule has 106 valence electrons. The van der Waals surface area contributed by atoms with Crippen molar-refractivity contribution in [2.75, 3.05) is 14.2 Å². The molecule has 0 aliphatic rings. The van der Waals surface area contributed by atoms with Crippen molar-refractivity contribution >= 4 is 15.0 Å². The van der Waals surface area contributed by atoms with Crippen molar-refractivity contribution in [3.05, 3.63) is 22.8 Å². The number of aryl methyl sites for hydroxylation is 2. The zero-order chi connectivity index (χ0) is 14.8. The minimum absolute atomic E-state index is 0.0282. The first-order valence-electron chi connectivity index (χ1n) is 6.36. The Labute approximate surface area is 117 Å². The van der Waals surface area contributed by atoms with Crippen molar-refractivity contribution in [1.82, 2.24) is 0 Å². The Morgan fingerprint density at radius 2 is 1.63 bits per heavy atom. The highest BCUT2D eigenvalue weighted by atomic mass is 31.0. The summed E-state index contributed by atoms with van der Waals surface area (Å²) in [6.45, 7) is 7.78. The molecule has 1 aromatic carbocycles. The molecule has 4 heteroatoms. The van der Waals surface area contributed by atoms with Gasteiger partial charge in [0.25, 0.3) is 0 Å². The lowest BCUT2D eigenvalue weighted by Crippen LogP contribution is -2.28. The molecule has 0 aliphatic carbocycles. The van der Waals surface area contributed by atoms with E-state index in [9.17, 15) is 4.79 Å². The number of Topliss-reactive ketones (excluding diaryl/α,β-unsaturated/α-hetero) is 1. The Kier molecular flexibility index (Phi) is 4.98. The first-order chi connectivity index (χ1) is 8.80. The van der Waals surface area contributed by atoms with Crippen LogP contribution in [0.1, 0.15) is 41.8 Å². The predicted molar refractivity (Wildman–Crippen MR) is 81.8 cm³/mol. The minimum Gasteiger partial charge on any atom is -0.496 e. The second-order valence-electron chi connectivity index (χ2n) is 5.05. The number of methoxy groups -OCH3 is 2. The van der Waals surface area contributed by atoms with Gasteiger partial charge in [0.05, 0.1) is 14.2 Å². The maximum Gasteiger partial charge on any atom is 0.179 e. The molecule has 0 saturated heterocycles. The Balaban J connectivity index is 3.60. The van der Waals surface area contributed by atoms with Crippen molar-refractivity contribution in [2.45, 2.75) is 39.3 Å². The van der Waals surface area contributed by atoms with Gasteiger partial charge in [0, 0.05) is 5.16 Å². The Morgan fingerprint density at radius 3 is 1.95 bits per heavy atom. The second kappa shape index (κ2) is 5.92. The monoisotopic (exact) mass is 282 g/mol. The summed E-state index contributed by atoms with van der Waals surface area (Å²) < 4.78 is 10.8. The van der Waals surface area contributed by atoms with Crippen LogP contribution in [0.25, 0.3) is 0 Å². The van der Waals surface area contributed by atoms with Gasteiger partial charge in [-0.2, -0.15) is 0 Å². The number of ether oxygens (including phenoxy) is 2. The fraction of sp³-hybridized carbons (Fsp3) is 0.533. The van der Waals surface area contributed by atoms with Crippen LogP contribution in [0.3, 0.4) is 0 Å². The van der Waals surface area contributed by atoms with Crippen LogP contribution in [0, 0.1) is 13.8 Å². The highest BCUT2D eigenvalue weighted by Crippen LogP contribution is 2.40. The Bertz CT molecular complexity index is 464. The largest absolute Gasteiger partial charge is 0.496 e. The third-order valence-electron chi connectivity index (χ3n) is 3.49. The third-order valence-corrected chi connectivity index (χ3v) is 4.16. The van der Waals surface area contributed by atoms with Crippen molar-refractivity contribution in [1.29, 1.82) is 0 Å². The van der Waals surface area contributed by atoms with Crippen LogP contribution in [0.15, 0.2) is 6.07 Å². The van der Waals surface area contributed by atoms with Crippen LogP contribution >= 0.6 is 9.24 Å². The van der Waals surface area contributed by atoms with Gasteiger partial charge in [-0.1, -0.05) is 6.92 Å². The molecule has 1 rings (SSSR count).